The Labute approximate surface area is 135 Å². The summed E-state index contributed by atoms with van der Waals surface area (Å²) in [6, 6.07) is 5.69. The molecule has 1 aliphatic rings. The monoisotopic (exact) mass is 322 g/mol. The maximum absolute atomic E-state index is 13.3. The molecule has 2 amide bonds. The minimum absolute atomic E-state index is 0.0359. The Morgan fingerprint density at radius 3 is 2.87 bits per heavy atom. The number of benzene rings is 1. The number of carbonyl (C=O) groups is 2. The Hall–Kier alpha value is -1.95. The summed E-state index contributed by atoms with van der Waals surface area (Å²) < 4.78 is 18.2. The van der Waals surface area contributed by atoms with Crippen molar-refractivity contribution in [3.05, 3.63) is 35.6 Å². The van der Waals surface area contributed by atoms with E-state index in [9.17, 15) is 14.0 Å². The Morgan fingerprint density at radius 1 is 1.39 bits per heavy atom. The SMILES string of the molecule is COCCNC(=O)C1CCC(C)N(C(=O)c2cccc(F)c2)C1. The summed E-state index contributed by atoms with van der Waals surface area (Å²) in [7, 11) is 1.58. The van der Waals surface area contributed by atoms with Gasteiger partial charge in [0.25, 0.3) is 5.91 Å². The number of hydrogen-bond acceptors (Lipinski definition) is 3. The van der Waals surface area contributed by atoms with Crippen LogP contribution in [-0.4, -0.2) is 49.6 Å². The lowest BCUT2D eigenvalue weighted by Gasteiger charge is -2.37. The molecule has 23 heavy (non-hydrogen) atoms. The first kappa shape index (κ1) is 17.4. The van der Waals surface area contributed by atoms with Crippen molar-refractivity contribution >= 4 is 11.8 Å². The van der Waals surface area contributed by atoms with E-state index in [1.54, 1.807) is 18.1 Å². The molecule has 0 bridgehead atoms. The third-order valence-electron chi connectivity index (χ3n) is 4.19. The van der Waals surface area contributed by atoms with E-state index in [4.69, 9.17) is 4.74 Å². The van der Waals surface area contributed by atoms with E-state index in [1.165, 1.54) is 18.2 Å². The molecule has 1 heterocycles. The van der Waals surface area contributed by atoms with Crippen LogP contribution in [0.15, 0.2) is 24.3 Å². The highest BCUT2D eigenvalue weighted by Crippen LogP contribution is 2.24. The molecule has 1 saturated heterocycles. The standard InChI is InChI=1S/C17H23FN2O3/c1-12-6-7-14(16(21)19-8-9-23-2)11-20(12)17(22)13-4-3-5-15(18)10-13/h3-5,10,12,14H,6-9,11H2,1-2H3,(H,19,21). The van der Waals surface area contributed by atoms with Crippen LogP contribution < -0.4 is 5.32 Å². The van der Waals surface area contributed by atoms with Crippen molar-refractivity contribution in [1.82, 2.24) is 10.2 Å². The second-order valence-electron chi connectivity index (χ2n) is 5.87. The topological polar surface area (TPSA) is 58.6 Å². The van der Waals surface area contributed by atoms with Gasteiger partial charge in [-0.15, -0.1) is 0 Å². The zero-order chi connectivity index (χ0) is 16.8. The van der Waals surface area contributed by atoms with Gasteiger partial charge in [0.1, 0.15) is 5.82 Å². The largest absolute Gasteiger partial charge is 0.383 e. The number of methoxy groups -OCH3 is 1. The van der Waals surface area contributed by atoms with Crippen molar-refractivity contribution in [1.29, 1.82) is 0 Å². The average molecular weight is 322 g/mol. The summed E-state index contributed by atoms with van der Waals surface area (Å²) in [6.07, 6.45) is 1.50. The molecule has 5 nitrogen and oxygen atoms in total. The normalized spacial score (nSPS) is 21.1. The number of carbonyl (C=O) groups excluding carboxylic acids is 2. The third kappa shape index (κ3) is 4.51. The van der Waals surface area contributed by atoms with Crippen LogP contribution in [0, 0.1) is 11.7 Å². The highest BCUT2D eigenvalue weighted by molar-refractivity contribution is 5.95. The van der Waals surface area contributed by atoms with E-state index in [-0.39, 0.29) is 23.8 Å². The van der Waals surface area contributed by atoms with Gasteiger partial charge in [-0.25, -0.2) is 4.39 Å². The van der Waals surface area contributed by atoms with Gasteiger partial charge in [0.15, 0.2) is 0 Å². The van der Waals surface area contributed by atoms with Crippen LogP contribution in [0.1, 0.15) is 30.1 Å². The van der Waals surface area contributed by atoms with Gasteiger partial charge in [0.2, 0.25) is 5.91 Å². The Kier molecular flexibility index (Phi) is 6.10. The Morgan fingerprint density at radius 2 is 2.17 bits per heavy atom. The second kappa shape index (κ2) is 8.06. The number of halogens is 1. The summed E-state index contributed by atoms with van der Waals surface area (Å²) in [5.41, 5.74) is 0.317. The van der Waals surface area contributed by atoms with Crippen LogP contribution in [-0.2, 0) is 9.53 Å². The molecule has 1 aliphatic heterocycles. The summed E-state index contributed by atoms with van der Waals surface area (Å²) in [6.45, 7) is 3.23. The number of ether oxygens (including phenoxy) is 1. The maximum Gasteiger partial charge on any atom is 0.254 e. The fraction of sp³-hybridized carbons (Fsp3) is 0.529. The number of piperidine rings is 1. The van der Waals surface area contributed by atoms with Gasteiger partial charge in [-0.3, -0.25) is 9.59 Å². The smallest absolute Gasteiger partial charge is 0.254 e. The number of nitrogens with one attached hydrogen (secondary N) is 1. The second-order valence-corrected chi connectivity index (χ2v) is 5.87. The van der Waals surface area contributed by atoms with Crippen LogP contribution in [0.4, 0.5) is 4.39 Å². The molecule has 2 unspecified atom stereocenters. The maximum atomic E-state index is 13.3. The van der Waals surface area contributed by atoms with Crippen LogP contribution in [0.25, 0.3) is 0 Å². The van der Waals surface area contributed by atoms with Crippen LogP contribution in [0.5, 0.6) is 0 Å². The molecule has 2 atom stereocenters. The van der Waals surface area contributed by atoms with Gasteiger partial charge < -0.3 is 15.0 Å². The van der Waals surface area contributed by atoms with Crippen molar-refractivity contribution in [3.8, 4) is 0 Å². The minimum atomic E-state index is -0.436. The van der Waals surface area contributed by atoms with Gasteiger partial charge in [0.05, 0.1) is 12.5 Å². The molecular weight excluding hydrogens is 299 g/mol. The lowest BCUT2D eigenvalue weighted by atomic mass is 9.92. The number of rotatable bonds is 5. The molecular formula is C17H23FN2O3. The third-order valence-corrected chi connectivity index (χ3v) is 4.19. The fourth-order valence-corrected chi connectivity index (χ4v) is 2.81. The van der Waals surface area contributed by atoms with Gasteiger partial charge >= 0.3 is 0 Å². The lowest BCUT2D eigenvalue weighted by Crippen LogP contribution is -2.49. The zero-order valence-electron chi connectivity index (χ0n) is 13.5. The molecule has 1 aromatic carbocycles. The summed E-state index contributed by atoms with van der Waals surface area (Å²) in [5, 5.41) is 2.81. The summed E-state index contributed by atoms with van der Waals surface area (Å²) >= 11 is 0. The average Bonchev–Trinajstić information content (AvgIpc) is 2.54. The van der Waals surface area contributed by atoms with Crippen LogP contribution >= 0.6 is 0 Å². The van der Waals surface area contributed by atoms with Crippen LogP contribution in [0.3, 0.4) is 0 Å². The number of amides is 2. The van der Waals surface area contributed by atoms with Crippen molar-refractivity contribution in [2.45, 2.75) is 25.8 Å². The molecule has 6 heteroatoms. The first-order chi connectivity index (χ1) is 11.0. The van der Waals surface area contributed by atoms with E-state index in [1.807, 2.05) is 6.92 Å². The van der Waals surface area contributed by atoms with E-state index in [0.717, 1.165) is 12.8 Å². The van der Waals surface area contributed by atoms with Crippen molar-refractivity contribution < 1.29 is 18.7 Å². The molecule has 1 fully saturated rings. The number of hydrogen-bond donors (Lipinski definition) is 1. The van der Waals surface area contributed by atoms with Gasteiger partial charge in [-0.2, -0.15) is 0 Å². The van der Waals surface area contributed by atoms with E-state index in [0.29, 0.717) is 25.3 Å². The van der Waals surface area contributed by atoms with Crippen LogP contribution in [0.2, 0.25) is 0 Å². The van der Waals surface area contributed by atoms with Crippen molar-refractivity contribution in [2.24, 2.45) is 5.92 Å². The summed E-state index contributed by atoms with van der Waals surface area (Å²) in [5.74, 6) is -0.965. The predicted octanol–water partition coefficient (Wildman–Crippen LogP) is 1.83. The Balaban J connectivity index is 2.03. The molecule has 1 aromatic rings. The van der Waals surface area contributed by atoms with Gasteiger partial charge in [-0.05, 0) is 38.0 Å². The first-order valence-corrected chi connectivity index (χ1v) is 7.86. The first-order valence-electron chi connectivity index (χ1n) is 7.86. The molecule has 0 aromatic heterocycles. The molecule has 0 aliphatic carbocycles. The molecule has 0 radical (unpaired) electrons. The molecule has 1 N–H and O–H groups in total. The Bertz CT molecular complexity index is 565. The lowest BCUT2D eigenvalue weighted by molar-refractivity contribution is -0.126. The number of nitrogens with zero attached hydrogens (tertiary/aromatic N) is 1. The van der Waals surface area contributed by atoms with Gasteiger partial charge in [0, 0.05) is 31.8 Å². The van der Waals surface area contributed by atoms with Gasteiger partial charge in [-0.1, -0.05) is 6.07 Å². The minimum Gasteiger partial charge on any atom is -0.383 e. The molecule has 0 saturated carbocycles. The zero-order valence-corrected chi connectivity index (χ0v) is 13.5. The number of likely N-dealkylation sites (tertiary alicyclic amines) is 1. The highest BCUT2D eigenvalue weighted by atomic mass is 19.1. The van der Waals surface area contributed by atoms with E-state index < -0.39 is 5.82 Å². The van der Waals surface area contributed by atoms with Crippen molar-refractivity contribution in [3.63, 3.8) is 0 Å². The molecule has 0 spiro atoms. The van der Waals surface area contributed by atoms with Crippen molar-refractivity contribution in [2.75, 3.05) is 26.8 Å². The predicted molar refractivity (Wildman–Crippen MR) is 84.5 cm³/mol. The highest BCUT2D eigenvalue weighted by Gasteiger charge is 2.33. The van der Waals surface area contributed by atoms with E-state index in [2.05, 4.69) is 5.32 Å². The van der Waals surface area contributed by atoms with E-state index >= 15 is 0 Å². The quantitative estimate of drug-likeness (QED) is 0.842. The fourth-order valence-electron chi connectivity index (χ4n) is 2.81. The molecule has 2 rings (SSSR count). The summed E-state index contributed by atoms with van der Waals surface area (Å²) in [4.78, 5) is 26.4. The molecule has 126 valence electrons.